The fourth-order valence-corrected chi connectivity index (χ4v) is 8.86. The fraction of sp³-hybridized carbons (Fsp3) is 0.296. The van der Waals surface area contributed by atoms with Crippen LogP contribution >= 0.6 is 0 Å². The van der Waals surface area contributed by atoms with Crippen molar-refractivity contribution in [3.8, 4) is 0 Å². The third-order valence-corrected chi connectivity index (χ3v) is 11.9. The molecule has 0 saturated heterocycles. The van der Waals surface area contributed by atoms with Crippen molar-refractivity contribution in [3.63, 3.8) is 0 Å². The van der Waals surface area contributed by atoms with Gasteiger partial charge in [-0.1, -0.05) is 135 Å². The number of nitrogens with one attached hydrogen (secondary N) is 2. The highest BCUT2D eigenvalue weighted by atomic mass is 16.2. The van der Waals surface area contributed by atoms with Crippen LogP contribution in [0.1, 0.15) is 162 Å². The third kappa shape index (κ3) is 7.56. The second kappa shape index (κ2) is 17.8. The van der Waals surface area contributed by atoms with Crippen molar-refractivity contribution < 1.29 is 19.2 Å². The molecule has 62 heavy (non-hydrogen) atoms. The molecule has 8 heteroatoms. The Morgan fingerprint density at radius 3 is 1.42 bits per heavy atom. The summed E-state index contributed by atoms with van der Waals surface area (Å²) in [6.45, 7) is 20.4. The summed E-state index contributed by atoms with van der Waals surface area (Å²) in [5.41, 5.74) is 8.74. The van der Waals surface area contributed by atoms with Gasteiger partial charge in [-0.25, -0.2) is 9.80 Å². The molecule has 8 rings (SSSR count). The summed E-state index contributed by atoms with van der Waals surface area (Å²) in [7, 11) is 0. The smallest absolute Gasteiger partial charge is 0.268 e. The highest BCUT2D eigenvalue weighted by molar-refractivity contribution is 6.45. The Morgan fingerprint density at radius 1 is 0.516 bits per heavy atom. The van der Waals surface area contributed by atoms with E-state index in [9.17, 15) is 0 Å². The molecule has 4 amide bonds. The zero-order chi connectivity index (χ0) is 44.6. The van der Waals surface area contributed by atoms with Crippen LogP contribution in [0.4, 0.5) is 34.1 Å². The van der Waals surface area contributed by atoms with Crippen molar-refractivity contribution in [2.75, 3.05) is 20.4 Å². The number of amides is 4. The van der Waals surface area contributed by atoms with Gasteiger partial charge in [0.1, 0.15) is 0 Å². The van der Waals surface area contributed by atoms with Crippen LogP contribution in [0.5, 0.6) is 0 Å². The van der Waals surface area contributed by atoms with E-state index in [0.29, 0.717) is 28.4 Å². The van der Waals surface area contributed by atoms with Crippen molar-refractivity contribution in [3.05, 3.63) is 153 Å². The van der Waals surface area contributed by atoms with Crippen LogP contribution in [-0.4, -0.2) is 23.6 Å². The van der Waals surface area contributed by atoms with E-state index in [0.717, 1.165) is 47.2 Å². The monoisotopic (exact) mass is 826 g/mol. The Bertz CT molecular complexity index is 2690. The molecule has 2 aliphatic heterocycles. The van der Waals surface area contributed by atoms with Gasteiger partial charge >= 0.3 is 0 Å². The average Bonchev–Trinajstić information content (AvgIpc) is 3.26. The first-order valence-electron chi connectivity index (χ1n) is 22.2. The van der Waals surface area contributed by atoms with Gasteiger partial charge in [0.05, 0.1) is 45.0 Å². The van der Waals surface area contributed by atoms with Gasteiger partial charge in [-0.05, 0) is 102 Å². The Morgan fingerprint density at radius 2 is 0.952 bits per heavy atom. The summed E-state index contributed by atoms with van der Waals surface area (Å²) in [6, 6.07) is 32.7. The molecule has 2 heterocycles. The number of carbonyl (C=O) groups excluding carboxylic acids is 4. The molecule has 0 aromatic heterocycles. The number of para-hydroxylation sites is 3. The van der Waals surface area contributed by atoms with E-state index >= 15 is 19.2 Å². The number of carbonyl (C=O) groups is 4. The average molecular weight is 827 g/mol. The SMILES string of the molecule is CC.CCCCc1ccc(Nc2cc3c4c(c(Nc5ccccc5)cc5c4c2C(=O)N(c2c(C(C)C)cccc2C(C)C)C5=O)C(=O)N(c2c(C)cccc2C(C)C)C3=O)cc1. The van der Waals surface area contributed by atoms with Crippen LogP contribution in [0.15, 0.2) is 103 Å². The van der Waals surface area contributed by atoms with E-state index in [1.54, 1.807) is 12.1 Å². The molecule has 318 valence electrons. The van der Waals surface area contributed by atoms with E-state index in [1.807, 2.05) is 113 Å². The molecule has 2 aliphatic rings. The largest absolute Gasteiger partial charge is 0.355 e. The number of benzene rings is 6. The fourth-order valence-electron chi connectivity index (χ4n) is 8.86. The predicted octanol–water partition coefficient (Wildman–Crippen LogP) is 14.0. The minimum atomic E-state index is -0.530. The van der Waals surface area contributed by atoms with E-state index in [1.165, 1.54) is 15.4 Å². The van der Waals surface area contributed by atoms with Crippen molar-refractivity contribution in [1.29, 1.82) is 0 Å². The van der Waals surface area contributed by atoms with Crippen LogP contribution in [0.3, 0.4) is 0 Å². The van der Waals surface area contributed by atoms with E-state index in [4.69, 9.17) is 0 Å². The standard InChI is InChI=1S/C52H52N4O4.C2H6/c1-9-10-17-33-23-25-35(26-24-33)54-42-27-39-43-44-40(50(58)56(52(60)46(42)44)48-37(30(4)5)21-15-22-38(48)31(6)7)28-41(53-34-18-12-11-13-19-34)45(43)51(59)55(49(39)57)47-32(8)16-14-20-36(47)29(2)3;1-2/h11-16,18-31,53-54H,9-10,17H2,1-8H3;1-2H3. The summed E-state index contributed by atoms with van der Waals surface area (Å²) >= 11 is 0. The number of nitrogens with zero attached hydrogens (tertiary/aromatic N) is 2. The van der Waals surface area contributed by atoms with Crippen molar-refractivity contribution in [2.24, 2.45) is 0 Å². The third-order valence-electron chi connectivity index (χ3n) is 11.9. The predicted molar refractivity (Wildman–Crippen MR) is 256 cm³/mol. The van der Waals surface area contributed by atoms with Gasteiger partial charge in [-0.15, -0.1) is 0 Å². The summed E-state index contributed by atoms with van der Waals surface area (Å²) in [5.74, 6) is -2.10. The first-order chi connectivity index (χ1) is 29.8. The lowest BCUT2D eigenvalue weighted by molar-refractivity contribution is 0.0873. The minimum absolute atomic E-state index is 0.00220. The van der Waals surface area contributed by atoms with Crippen LogP contribution < -0.4 is 20.4 Å². The Kier molecular flexibility index (Phi) is 12.5. The maximum Gasteiger partial charge on any atom is 0.268 e. The normalized spacial score (nSPS) is 13.4. The van der Waals surface area contributed by atoms with Crippen LogP contribution in [0.2, 0.25) is 0 Å². The molecule has 8 nitrogen and oxygen atoms in total. The highest BCUT2D eigenvalue weighted by Gasteiger charge is 2.45. The molecule has 0 unspecified atom stereocenters. The van der Waals surface area contributed by atoms with Crippen LogP contribution in [0.25, 0.3) is 10.8 Å². The molecule has 0 radical (unpaired) electrons. The minimum Gasteiger partial charge on any atom is -0.355 e. The lowest BCUT2D eigenvalue weighted by Gasteiger charge is -2.37. The lowest BCUT2D eigenvalue weighted by atomic mass is 9.82. The maximum absolute atomic E-state index is 15.5. The Balaban J connectivity index is 0.00000285. The number of rotatable bonds is 12. The molecule has 6 aromatic rings. The zero-order valence-corrected chi connectivity index (χ0v) is 37.7. The van der Waals surface area contributed by atoms with Gasteiger partial charge in [0.25, 0.3) is 23.6 Å². The topological polar surface area (TPSA) is 98.8 Å². The molecular formula is C54H58N4O4. The second-order valence-corrected chi connectivity index (χ2v) is 17.0. The molecular weight excluding hydrogens is 769 g/mol. The molecule has 0 saturated carbocycles. The summed E-state index contributed by atoms with van der Waals surface area (Å²) in [4.78, 5) is 64.1. The van der Waals surface area contributed by atoms with E-state index in [2.05, 4.69) is 57.4 Å². The van der Waals surface area contributed by atoms with Crippen LogP contribution in [0, 0.1) is 6.92 Å². The van der Waals surface area contributed by atoms with Gasteiger partial charge < -0.3 is 10.6 Å². The summed E-state index contributed by atoms with van der Waals surface area (Å²) in [5, 5.41) is 7.55. The Hall–Kier alpha value is -6.54. The number of aryl methyl sites for hydroxylation is 2. The van der Waals surface area contributed by atoms with Crippen molar-refractivity contribution in [2.45, 2.75) is 106 Å². The van der Waals surface area contributed by atoms with Crippen molar-refractivity contribution in [1.82, 2.24) is 0 Å². The van der Waals surface area contributed by atoms with Gasteiger partial charge in [-0.3, -0.25) is 19.2 Å². The lowest BCUT2D eigenvalue weighted by Crippen LogP contribution is -2.45. The number of hydrogen-bond donors (Lipinski definition) is 2. The van der Waals surface area contributed by atoms with Gasteiger partial charge in [0, 0.05) is 22.1 Å². The van der Waals surface area contributed by atoms with E-state index in [-0.39, 0.29) is 50.8 Å². The van der Waals surface area contributed by atoms with Gasteiger partial charge in [-0.2, -0.15) is 0 Å². The number of unbranched alkanes of at least 4 members (excludes halogenated alkanes) is 1. The molecule has 6 aromatic carbocycles. The number of hydrogen-bond acceptors (Lipinski definition) is 6. The quantitative estimate of drug-likeness (QED) is 0.119. The number of imide groups is 2. The molecule has 0 bridgehead atoms. The van der Waals surface area contributed by atoms with E-state index < -0.39 is 23.6 Å². The second-order valence-electron chi connectivity index (χ2n) is 17.0. The Labute approximate surface area is 366 Å². The van der Waals surface area contributed by atoms with Gasteiger partial charge in [0.2, 0.25) is 0 Å². The highest BCUT2D eigenvalue weighted by Crippen LogP contribution is 2.49. The van der Waals surface area contributed by atoms with Gasteiger partial charge in [0.15, 0.2) is 0 Å². The molecule has 0 fully saturated rings. The molecule has 0 atom stereocenters. The molecule has 0 aliphatic carbocycles. The first-order valence-corrected chi connectivity index (χ1v) is 22.2. The molecule has 0 spiro atoms. The van der Waals surface area contributed by atoms with Crippen LogP contribution in [-0.2, 0) is 6.42 Å². The summed E-state index contributed by atoms with van der Waals surface area (Å²) in [6.07, 6.45) is 3.11. The number of anilines is 6. The first kappa shape index (κ1) is 43.5. The summed E-state index contributed by atoms with van der Waals surface area (Å²) < 4.78 is 0. The maximum atomic E-state index is 15.5. The zero-order valence-electron chi connectivity index (χ0n) is 37.7. The van der Waals surface area contributed by atoms with Crippen molar-refractivity contribution >= 4 is 68.5 Å². The molecule has 2 N–H and O–H groups in total.